The van der Waals surface area contributed by atoms with Crippen molar-refractivity contribution in [3.8, 4) is 0 Å². The molecule has 7 nitrogen and oxygen atoms in total. The van der Waals surface area contributed by atoms with E-state index in [4.69, 9.17) is 46.4 Å². The molecule has 0 atom stereocenters. The molecule has 2 aromatic heterocycles. The largest absolute Gasteiger partial charge is 0.356 e. The number of fused-ring (bicyclic) bond motifs is 2. The van der Waals surface area contributed by atoms with Gasteiger partial charge in [-0.25, -0.2) is 9.97 Å². The van der Waals surface area contributed by atoms with Gasteiger partial charge in [0.25, 0.3) is 0 Å². The van der Waals surface area contributed by atoms with Crippen molar-refractivity contribution < 1.29 is 0 Å². The number of halogens is 4. The molecule has 11 heteroatoms. The topological polar surface area (TPSA) is 84.7 Å². The molecule has 0 saturated heterocycles. The van der Waals surface area contributed by atoms with Gasteiger partial charge in [-0.15, -0.1) is 0 Å². The molecule has 2 heterocycles. The SMILES string of the molecule is CN(CCCNc1nc2cc(Cl)c(Cl)cc2[nH]1)CCCNc1nc2cc(Cl)c(Cl)cc2[nH]1. The number of aromatic nitrogens is 4. The number of H-pyrrole nitrogens is 2. The lowest BCUT2D eigenvalue weighted by molar-refractivity contribution is 0.331. The Morgan fingerprint density at radius 3 is 1.56 bits per heavy atom. The van der Waals surface area contributed by atoms with Gasteiger partial charge in [-0.1, -0.05) is 46.4 Å². The van der Waals surface area contributed by atoms with Crippen LogP contribution in [0.5, 0.6) is 0 Å². The third-order valence-electron chi connectivity index (χ3n) is 5.07. The number of imidazole rings is 2. The van der Waals surface area contributed by atoms with Gasteiger partial charge < -0.3 is 25.5 Å². The minimum Gasteiger partial charge on any atom is -0.356 e. The predicted molar refractivity (Wildman–Crippen MR) is 136 cm³/mol. The van der Waals surface area contributed by atoms with Crippen LogP contribution in [0.3, 0.4) is 0 Å². The van der Waals surface area contributed by atoms with E-state index >= 15 is 0 Å². The van der Waals surface area contributed by atoms with Crippen LogP contribution in [-0.4, -0.2) is 58.1 Å². The van der Waals surface area contributed by atoms with Crippen LogP contribution in [0.2, 0.25) is 20.1 Å². The zero-order valence-corrected chi connectivity index (χ0v) is 20.4. The van der Waals surface area contributed by atoms with Gasteiger partial charge >= 0.3 is 0 Å². The molecule has 0 saturated carbocycles. The summed E-state index contributed by atoms with van der Waals surface area (Å²) in [5.41, 5.74) is 3.31. The van der Waals surface area contributed by atoms with E-state index in [1.807, 2.05) is 0 Å². The van der Waals surface area contributed by atoms with Crippen molar-refractivity contribution in [3.63, 3.8) is 0 Å². The maximum Gasteiger partial charge on any atom is 0.201 e. The maximum atomic E-state index is 6.05. The van der Waals surface area contributed by atoms with Crippen molar-refractivity contribution in [1.82, 2.24) is 24.8 Å². The summed E-state index contributed by atoms with van der Waals surface area (Å²) in [6.45, 7) is 3.58. The molecular formula is C21H23Cl4N7. The zero-order valence-electron chi connectivity index (χ0n) is 17.4. The van der Waals surface area contributed by atoms with Crippen molar-refractivity contribution in [2.24, 2.45) is 0 Å². The molecule has 0 amide bonds. The van der Waals surface area contributed by atoms with E-state index in [2.05, 4.69) is 42.5 Å². The molecule has 0 unspecified atom stereocenters. The first kappa shape index (κ1) is 23.3. The van der Waals surface area contributed by atoms with Crippen molar-refractivity contribution in [2.75, 3.05) is 43.9 Å². The lowest BCUT2D eigenvalue weighted by atomic mass is 10.3. The molecule has 0 aliphatic heterocycles. The molecule has 32 heavy (non-hydrogen) atoms. The second kappa shape index (κ2) is 10.4. The Morgan fingerprint density at radius 2 is 1.12 bits per heavy atom. The van der Waals surface area contributed by atoms with Crippen LogP contribution in [0.15, 0.2) is 24.3 Å². The van der Waals surface area contributed by atoms with Crippen LogP contribution in [0.4, 0.5) is 11.9 Å². The Kier molecular flexibility index (Phi) is 7.53. The molecule has 0 fully saturated rings. The Hall–Kier alpha value is -1.90. The number of aromatic amines is 2. The molecule has 4 aromatic rings. The van der Waals surface area contributed by atoms with Gasteiger partial charge in [-0.3, -0.25) is 0 Å². The van der Waals surface area contributed by atoms with Crippen LogP contribution in [0, 0.1) is 0 Å². The summed E-state index contributed by atoms with van der Waals surface area (Å²) in [5, 5.41) is 8.66. The molecule has 0 radical (unpaired) electrons. The second-order valence-corrected chi connectivity index (χ2v) is 9.23. The van der Waals surface area contributed by atoms with Crippen LogP contribution < -0.4 is 10.6 Å². The van der Waals surface area contributed by atoms with Gasteiger partial charge in [0, 0.05) is 13.1 Å². The summed E-state index contributed by atoms with van der Waals surface area (Å²) in [6.07, 6.45) is 1.99. The number of hydrogen-bond acceptors (Lipinski definition) is 5. The smallest absolute Gasteiger partial charge is 0.201 e. The average Bonchev–Trinajstić information content (AvgIpc) is 3.32. The minimum atomic E-state index is 0.502. The van der Waals surface area contributed by atoms with E-state index < -0.39 is 0 Å². The van der Waals surface area contributed by atoms with Crippen molar-refractivity contribution in [1.29, 1.82) is 0 Å². The van der Waals surface area contributed by atoms with E-state index in [9.17, 15) is 0 Å². The maximum absolute atomic E-state index is 6.05. The Bertz CT molecular complexity index is 1050. The molecule has 4 rings (SSSR count). The highest BCUT2D eigenvalue weighted by molar-refractivity contribution is 6.43. The van der Waals surface area contributed by atoms with Crippen molar-refractivity contribution in [3.05, 3.63) is 44.4 Å². The van der Waals surface area contributed by atoms with Crippen LogP contribution in [-0.2, 0) is 0 Å². The average molecular weight is 515 g/mol. The number of anilines is 2. The van der Waals surface area contributed by atoms with Gasteiger partial charge in [0.1, 0.15) is 0 Å². The third-order valence-corrected chi connectivity index (χ3v) is 6.51. The van der Waals surface area contributed by atoms with Crippen molar-refractivity contribution >= 4 is 80.4 Å². The second-order valence-electron chi connectivity index (χ2n) is 7.60. The van der Waals surface area contributed by atoms with Gasteiger partial charge in [0.05, 0.1) is 42.2 Å². The quantitative estimate of drug-likeness (QED) is 0.187. The summed E-state index contributed by atoms with van der Waals surface area (Å²) in [4.78, 5) is 17.7. The highest BCUT2D eigenvalue weighted by Gasteiger charge is 2.08. The third kappa shape index (κ3) is 5.71. The standard InChI is InChI=1S/C21H23Cl4N7/c1-32(6-2-4-26-20-28-16-8-12(22)13(23)9-17(16)29-20)7-3-5-27-21-30-18-10-14(24)15(25)11-19(18)31-21/h8-11H,2-7H2,1H3,(H2,26,28,29)(H2,27,30,31). The van der Waals surface area contributed by atoms with Crippen molar-refractivity contribution in [2.45, 2.75) is 12.8 Å². The Morgan fingerprint density at radius 1 is 0.719 bits per heavy atom. The van der Waals surface area contributed by atoms with E-state index in [0.717, 1.165) is 73.0 Å². The molecular weight excluding hydrogens is 492 g/mol. The molecule has 0 aliphatic rings. The lowest BCUT2D eigenvalue weighted by Crippen LogP contribution is -2.24. The fourth-order valence-electron chi connectivity index (χ4n) is 3.40. The van der Waals surface area contributed by atoms with E-state index in [1.54, 1.807) is 24.3 Å². The lowest BCUT2D eigenvalue weighted by Gasteiger charge is -2.16. The molecule has 2 aromatic carbocycles. The molecule has 0 aliphatic carbocycles. The first-order valence-corrected chi connectivity index (χ1v) is 11.8. The minimum absolute atomic E-state index is 0.502. The van der Waals surface area contributed by atoms with Crippen LogP contribution >= 0.6 is 46.4 Å². The fraction of sp³-hybridized carbons (Fsp3) is 0.333. The summed E-state index contributed by atoms with van der Waals surface area (Å²) in [6, 6.07) is 7.10. The highest BCUT2D eigenvalue weighted by Crippen LogP contribution is 2.28. The Labute approximate surface area is 205 Å². The number of benzene rings is 2. The molecule has 0 bridgehead atoms. The summed E-state index contributed by atoms with van der Waals surface area (Å²) >= 11 is 24.2. The van der Waals surface area contributed by atoms with Crippen LogP contribution in [0.25, 0.3) is 22.1 Å². The predicted octanol–water partition coefficient (Wildman–Crippen LogP) is 6.29. The molecule has 4 N–H and O–H groups in total. The normalized spacial score (nSPS) is 11.7. The van der Waals surface area contributed by atoms with Crippen LogP contribution in [0.1, 0.15) is 12.8 Å². The monoisotopic (exact) mass is 513 g/mol. The number of hydrogen-bond donors (Lipinski definition) is 4. The molecule has 170 valence electrons. The van der Waals surface area contributed by atoms with E-state index in [1.165, 1.54) is 0 Å². The zero-order chi connectivity index (χ0) is 22.7. The number of rotatable bonds is 10. The van der Waals surface area contributed by atoms with Gasteiger partial charge in [-0.2, -0.15) is 0 Å². The Balaban J connectivity index is 1.14. The van der Waals surface area contributed by atoms with E-state index in [-0.39, 0.29) is 0 Å². The number of nitrogens with one attached hydrogen (secondary N) is 4. The van der Waals surface area contributed by atoms with Gasteiger partial charge in [0.2, 0.25) is 11.9 Å². The summed E-state index contributed by atoms with van der Waals surface area (Å²) in [7, 11) is 2.12. The summed E-state index contributed by atoms with van der Waals surface area (Å²) in [5.74, 6) is 1.44. The first-order valence-electron chi connectivity index (χ1n) is 10.2. The fourth-order valence-corrected chi connectivity index (χ4v) is 4.04. The number of nitrogens with zero attached hydrogens (tertiary/aromatic N) is 3. The van der Waals surface area contributed by atoms with Gasteiger partial charge in [-0.05, 0) is 57.2 Å². The van der Waals surface area contributed by atoms with Gasteiger partial charge in [0.15, 0.2) is 0 Å². The van der Waals surface area contributed by atoms with E-state index in [0.29, 0.717) is 20.1 Å². The highest BCUT2D eigenvalue weighted by atomic mass is 35.5. The molecule has 0 spiro atoms. The first-order chi connectivity index (χ1) is 15.4. The summed E-state index contributed by atoms with van der Waals surface area (Å²) < 4.78 is 0.